The lowest BCUT2D eigenvalue weighted by Gasteiger charge is -2.08. The van der Waals surface area contributed by atoms with Crippen LogP contribution in [0.4, 0.5) is 9.80 Å². The van der Waals surface area contributed by atoms with Gasteiger partial charge in [-0.25, -0.2) is 4.79 Å². The van der Waals surface area contributed by atoms with Crippen molar-refractivity contribution in [2.24, 2.45) is 10.3 Å². The Kier molecular flexibility index (Phi) is 2.23. The number of hydrogen-bond donors (Lipinski definition) is 1. The number of amides is 3. The first-order valence-corrected chi connectivity index (χ1v) is 4.70. The molecule has 0 aliphatic carbocycles. The van der Waals surface area contributed by atoms with Crippen LogP contribution in [0.5, 0.6) is 0 Å². The molecule has 0 saturated heterocycles. The lowest BCUT2D eigenvalue weighted by Crippen LogP contribution is -2.30. The molecule has 0 spiro atoms. The van der Waals surface area contributed by atoms with E-state index in [0.29, 0.717) is 5.00 Å². The average Bonchev–Trinajstić information content (AvgIpc) is 2.75. The van der Waals surface area contributed by atoms with Crippen LogP contribution in [0.3, 0.4) is 0 Å². The van der Waals surface area contributed by atoms with Gasteiger partial charge in [-0.2, -0.15) is 5.01 Å². The summed E-state index contributed by atoms with van der Waals surface area (Å²) >= 11 is 1.40. The van der Waals surface area contributed by atoms with E-state index in [0.717, 1.165) is 5.01 Å². The second-order valence-corrected chi connectivity index (χ2v) is 3.50. The van der Waals surface area contributed by atoms with Crippen LogP contribution in [0.2, 0.25) is 0 Å². The van der Waals surface area contributed by atoms with Gasteiger partial charge >= 0.3 is 6.03 Å². The molecule has 0 radical (unpaired) electrons. The number of urea groups is 1. The van der Waals surface area contributed by atoms with Gasteiger partial charge in [-0.3, -0.25) is 10.1 Å². The fourth-order valence-electron chi connectivity index (χ4n) is 0.927. The zero-order valence-corrected chi connectivity index (χ0v) is 7.82. The Morgan fingerprint density at radius 3 is 3.07 bits per heavy atom. The second-order valence-electron chi connectivity index (χ2n) is 2.55. The summed E-state index contributed by atoms with van der Waals surface area (Å²) < 4.78 is 0. The minimum Gasteiger partial charge on any atom is -0.298 e. The monoisotopic (exact) mass is 210 g/mol. The quantitative estimate of drug-likeness (QED) is 0.762. The van der Waals surface area contributed by atoms with E-state index in [4.69, 9.17) is 0 Å². The Morgan fingerprint density at radius 2 is 2.50 bits per heavy atom. The van der Waals surface area contributed by atoms with Crippen LogP contribution in [0.15, 0.2) is 27.9 Å². The van der Waals surface area contributed by atoms with Gasteiger partial charge in [-0.15, -0.1) is 11.3 Å². The molecule has 2 rings (SSSR count). The van der Waals surface area contributed by atoms with Gasteiger partial charge in [0.1, 0.15) is 6.54 Å². The predicted octanol–water partition coefficient (Wildman–Crippen LogP) is 1.49. The van der Waals surface area contributed by atoms with Crippen LogP contribution < -0.4 is 5.32 Å². The highest BCUT2D eigenvalue weighted by Gasteiger charge is 2.22. The van der Waals surface area contributed by atoms with E-state index in [1.807, 2.05) is 11.4 Å². The molecule has 7 heteroatoms. The van der Waals surface area contributed by atoms with E-state index in [1.54, 1.807) is 6.07 Å². The molecular formula is C7H6N4O2S. The maximum Gasteiger partial charge on any atom is 0.344 e. The molecule has 0 aromatic carbocycles. The number of carbonyl (C=O) groups is 2. The van der Waals surface area contributed by atoms with Crippen molar-refractivity contribution in [3.8, 4) is 0 Å². The first kappa shape index (κ1) is 8.82. The van der Waals surface area contributed by atoms with Gasteiger partial charge in [-0.05, 0) is 17.5 Å². The maximum atomic E-state index is 11.4. The van der Waals surface area contributed by atoms with Crippen LogP contribution in [0, 0.1) is 0 Å². The van der Waals surface area contributed by atoms with Crippen molar-refractivity contribution in [3.05, 3.63) is 17.5 Å². The standard InChI is InChI=1S/C7H6N4O2S/c12-5-4-11(10-9-5)7(13)8-6-2-1-3-14-6/h1-3H,4H2,(H,8,13). The van der Waals surface area contributed by atoms with Crippen molar-refractivity contribution in [1.29, 1.82) is 0 Å². The number of hydrogen-bond acceptors (Lipinski definition) is 4. The van der Waals surface area contributed by atoms with E-state index in [2.05, 4.69) is 15.7 Å². The number of nitrogens with one attached hydrogen (secondary N) is 1. The fraction of sp³-hybridized carbons (Fsp3) is 0.143. The van der Waals surface area contributed by atoms with Crippen LogP contribution in [0.1, 0.15) is 0 Å². The molecule has 14 heavy (non-hydrogen) atoms. The Bertz CT molecular complexity index is 386. The lowest BCUT2D eigenvalue weighted by molar-refractivity contribution is -0.116. The molecule has 2 heterocycles. The van der Waals surface area contributed by atoms with Gasteiger partial charge in [0.05, 0.1) is 5.00 Å². The summed E-state index contributed by atoms with van der Waals surface area (Å²) in [5.74, 6) is -0.411. The summed E-state index contributed by atoms with van der Waals surface area (Å²) in [5.41, 5.74) is 0. The predicted molar refractivity (Wildman–Crippen MR) is 49.9 cm³/mol. The summed E-state index contributed by atoms with van der Waals surface area (Å²) in [7, 11) is 0. The largest absolute Gasteiger partial charge is 0.344 e. The van der Waals surface area contributed by atoms with Crippen LogP contribution in [-0.2, 0) is 4.79 Å². The molecule has 0 atom stereocenters. The molecule has 1 aromatic heterocycles. The van der Waals surface area contributed by atoms with Crippen LogP contribution >= 0.6 is 11.3 Å². The highest BCUT2D eigenvalue weighted by Crippen LogP contribution is 2.16. The topological polar surface area (TPSA) is 74.1 Å². The van der Waals surface area contributed by atoms with Gasteiger partial charge in [-0.1, -0.05) is 10.3 Å². The van der Waals surface area contributed by atoms with E-state index in [1.165, 1.54) is 11.3 Å². The van der Waals surface area contributed by atoms with E-state index in [9.17, 15) is 9.59 Å². The van der Waals surface area contributed by atoms with E-state index < -0.39 is 11.9 Å². The summed E-state index contributed by atoms with van der Waals surface area (Å²) in [4.78, 5) is 22.1. The minimum absolute atomic E-state index is 0.0861. The Morgan fingerprint density at radius 1 is 1.64 bits per heavy atom. The van der Waals surface area contributed by atoms with Crippen molar-refractivity contribution in [3.63, 3.8) is 0 Å². The number of anilines is 1. The van der Waals surface area contributed by atoms with Gasteiger partial charge in [0.2, 0.25) is 0 Å². The van der Waals surface area contributed by atoms with E-state index in [-0.39, 0.29) is 6.54 Å². The smallest absolute Gasteiger partial charge is 0.298 e. The van der Waals surface area contributed by atoms with Gasteiger partial charge in [0.15, 0.2) is 0 Å². The molecule has 72 valence electrons. The van der Waals surface area contributed by atoms with Crippen molar-refractivity contribution in [2.75, 3.05) is 11.9 Å². The van der Waals surface area contributed by atoms with Gasteiger partial charge in [0.25, 0.3) is 5.91 Å². The number of carbonyl (C=O) groups excluding carboxylic acids is 2. The molecule has 0 fully saturated rings. The third-order valence-electron chi connectivity index (χ3n) is 1.53. The second kappa shape index (κ2) is 3.54. The van der Waals surface area contributed by atoms with Gasteiger partial charge in [0, 0.05) is 0 Å². The molecular weight excluding hydrogens is 204 g/mol. The Balaban J connectivity index is 1.97. The van der Waals surface area contributed by atoms with Crippen LogP contribution in [0.25, 0.3) is 0 Å². The number of thiophene rings is 1. The van der Waals surface area contributed by atoms with Crippen molar-refractivity contribution in [1.82, 2.24) is 5.01 Å². The van der Waals surface area contributed by atoms with Crippen molar-refractivity contribution >= 4 is 28.3 Å². The molecule has 1 aliphatic heterocycles. The molecule has 6 nitrogen and oxygen atoms in total. The summed E-state index contributed by atoms with van der Waals surface area (Å²) in [6.07, 6.45) is 0. The fourth-order valence-corrected chi connectivity index (χ4v) is 1.53. The molecule has 0 saturated carbocycles. The molecule has 1 N–H and O–H groups in total. The Labute approximate surface area is 83.2 Å². The summed E-state index contributed by atoms with van der Waals surface area (Å²) in [5, 5.41) is 12.7. The van der Waals surface area contributed by atoms with Crippen molar-refractivity contribution in [2.45, 2.75) is 0 Å². The number of rotatable bonds is 1. The first-order valence-electron chi connectivity index (χ1n) is 3.82. The molecule has 1 aliphatic rings. The minimum atomic E-state index is -0.443. The van der Waals surface area contributed by atoms with Crippen LogP contribution in [-0.4, -0.2) is 23.5 Å². The Hall–Kier alpha value is -1.76. The highest BCUT2D eigenvalue weighted by molar-refractivity contribution is 7.14. The third kappa shape index (κ3) is 1.77. The number of nitrogens with zero attached hydrogens (tertiary/aromatic N) is 3. The summed E-state index contributed by atoms with van der Waals surface area (Å²) in [6.45, 7) is -0.0861. The normalized spacial score (nSPS) is 14.9. The average molecular weight is 210 g/mol. The molecule has 0 bridgehead atoms. The lowest BCUT2D eigenvalue weighted by atomic mass is 10.6. The third-order valence-corrected chi connectivity index (χ3v) is 2.32. The molecule has 0 unspecified atom stereocenters. The molecule has 3 amide bonds. The first-order chi connectivity index (χ1) is 6.75. The zero-order chi connectivity index (χ0) is 9.97. The summed E-state index contributed by atoms with van der Waals surface area (Å²) in [6, 6.07) is 3.14. The van der Waals surface area contributed by atoms with Gasteiger partial charge < -0.3 is 0 Å². The SMILES string of the molecule is O=C1CN(C(=O)Nc2cccs2)N=N1. The highest BCUT2D eigenvalue weighted by atomic mass is 32.1. The van der Waals surface area contributed by atoms with E-state index >= 15 is 0 Å². The molecule has 1 aromatic rings. The van der Waals surface area contributed by atoms with Crippen molar-refractivity contribution < 1.29 is 9.59 Å². The zero-order valence-electron chi connectivity index (χ0n) is 7.01. The maximum absolute atomic E-state index is 11.4.